The maximum absolute atomic E-state index is 11.7. The number of anilines is 1. The molecule has 0 atom stereocenters. The van der Waals surface area contributed by atoms with E-state index < -0.39 is 5.97 Å². The van der Waals surface area contributed by atoms with Crippen molar-refractivity contribution in [2.24, 2.45) is 0 Å². The van der Waals surface area contributed by atoms with Crippen LogP contribution >= 0.6 is 11.6 Å². The van der Waals surface area contributed by atoms with Gasteiger partial charge in [0.05, 0.1) is 17.9 Å². The number of nitrogens with one attached hydrogen (secondary N) is 1. The van der Waals surface area contributed by atoms with E-state index in [2.05, 4.69) is 15.3 Å². The number of carbonyl (C=O) groups excluding carboxylic acids is 1. The smallest absolute Gasteiger partial charge is 0.341 e. The number of hydrogen-bond acceptors (Lipinski definition) is 5. The van der Waals surface area contributed by atoms with Gasteiger partial charge in [0.2, 0.25) is 5.95 Å². The SMILES string of the molecule is CCOC(=O)c1cnc(NCc2ccc(Cl)cc2)nc1C. The Morgan fingerprint density at radius 1 is 1.33 bits per heavy atom. The fourth-order valence-electron chi connectivity index (χ4n) is 1.74. The number of aromatic nitrogens is 2. The normalized spacial score (nSPS) is 10.2. The zero-order valence-electron chi connectivity index (χ0n) is 11.9. The molecule has 6 heteroatoms. The first kappa shape index (κ1) is 15.3. The number of nitrogens with zero attached hydrogens (tertiary/aromatic N) is 2. The molecule has 0 aliphatic carbocycles. The number of ether oxygens (including phenoxy) is 1. The van der Waals surface area contributed by atoms with Crippen LogP contribution in [0.15, 0.2) is 30.5 Å². The number of carbonyl (C=O) groups is 1. The highest BCUT2D eigenvalue weighted by atomic mass is 35.5. The summed E-state index contributed by atoms with van der Waals surface area (Å²) in [6.07, 6.45) is 1.48. The Labute approximate surface area is 128 Å². The molecule has 2 rings (SSSR count). The highest BCUT2D eigenvalue weighted by Crippen LogP contribution is 2.12. The second-order valence-electron chi connectivity index (χ2n) is 4.39. The maximum Gasteiger partial charge on any atom is 0.341 e. The van der Waals surface area contributed by atoms with Crippen molar-refractivity contribution in [1.29, 1.82) is 0 Å². The lowest BCUT2D eigenvalue weighted by Gasteiger charge is -2.08. The standard InChI is InChI=1S/C15H16ClN3O2/c1-3-21-14(20)13-9-18-15(19-10(13)2)17-8-11-4-6-12(16)7-5-11/h4-7,9H,3,8H2,1-2H3,(H,17,18,19). The molecule has 0 bridgehead atoms. The number of aryl methyl sites for hydroxylation is 1. The third-order valence-corrected chi connectivity index (χ3v) is 3.09. The van der Waals surface area contributed by atoms with E-state index in [0.29, 0.717) is 35.4 Å². The van der Waals surface area contributed by atoms with Crippen LogP contribution in [-0.2, 0) is 11.3 Å². The molecule has 0 aliphatic heterocycles. The summed E-state index contributed by atoms with van der Waals surface area (Å²) in [6.45, 7) is 4.42. The van der Waals surface area contributed by atoms with E-state index in [-0.39, 0.29) is 0 Å². The molecular formula is C15H16ClN3O2. The van der Waals surface area contributed by atoms with Crippen molar-refractivity contribution in [1.82, 2.24) is 9.97 Å². The lowest BCUT2D eigenvalue weighted by atomic mass is 10.2. The van der Waals surface area contributed by atoms with Crippen molar-refractivity contribution in [3.05, 3.63) is 52.3 Å². The molecule has 21 heavy (non-hydrogen) atoms. The highest BCUT2D eigenvalue weighted by molar-refractivity contribution is 6.30. The summed E-state index contributed by atoms with van der Waals surface area (Å²) in [5.41, 5.74) is 2.03. The van der Waals surface area contributed by atoms with Gasteiger partial charge in [-0.25, -0.2) is 14.8 Å². The van der Waals surface area contributed by atoms with E-state index in [9.17, 15) is 4.79 Å². The predicted octanol–water partition coefficient (Wildman–Crippen LogP) is 3.23. The zero-order valence-corrected chi connectivity index (χ0v) is 12.6. The Kier molecular flexibility index (Phi) is 5.11. The monoisotopic (exact) mass is 305 g/mol. The third-order valence-electron chi connectivity index (χ3n) is 2.84. The first-order valence-corrected chi connectivity index (χ1v) is 6.97. The Morgan fingerprint density at radius 2 is 2.05 bits per heavy atom. The second-order valence-corrected chi connectivity index (χ2v) is 4.83. The topological polar surface area (TPSA) is 64.1 Å². The predicted molar refractivity (Wildman–Crippen MR) is 81.5 cm³/mol. The summed E-state index contributed by atoms with van der Waals surface area (Å²) >= 11 is 5.83. The van der Waals surface area contributed by atoms with Gasteiger partial charge in [-0.3, -0.25) is 0 Å². The van der Waals surface area contributed by atoms with Gasteiger partial charge in [-0.15, -0.1) is 0 Å². The lowest BCUT2D eigenvalue weighted by molar-refractivity contribution is 0.0524. The van der Waals surface area contributed by atoms with Crippen LogP contribution in [0.3, 0.4) is 0 Å². The molecule has 0 fully saturated rings. The number of rotatable bonds is 5. The van der Waals surface area contributed by atoms with Gasteiger partial charge in [0.15, 0.2) is 0 Å². The minimum atomic E-state index is -0.403. The molecule has 1 N–H and O–H groups in total. The Bertz CT molecular complexity index is 629. The van der Waals surface area contributed by atoms with E-state index >= 15 is 0 Å². The van der Waals surface area contributed by atoms with Gasteiger partial charge in [-0.2, -0.15) is 0 Å². The average Bonchev–Trinajstić information content (AvgIpc) is 2.47. The van der Waals surface area contributed by atoms with Gasteiger partial charge in [0.25, 0.3) is 0 Å². The maximum atomic E-state index is 11.7. The molecule has 0 unspecified atom stereocenters. The average molecular weight is 306 g/mol. The quantitative estimate of drug-likeness (QED) is 0.859. The van der Waals surface area contributed by atoms with Crippen LogP contribution in [0, 0.1) is 6.92 Å². The van der Waals surface area contributed by atoms with Gasteiger partial charge >= 0.3 is 5.97 Å². The highest BCUT2D eigenvalue weighted by Gasteiger charge is 2.12. The van der Waals surface area contributed by atoms with Crippen LogP contribution in [0.25, 0.3) is 0 Å². The fraction of sp³-hybridized carbons (Fsp3) is 0.267. The van der Waals surface area contributed by atoms with Crippen LogP contribution in [0.5, 0.6) is 0 Å². The number of hydrogen-bond donors (Lipinski definition) is 1. The van der Waals surface area contributed by atoms with Crippen molar-refractivity contribution in [3.63, 3.8) is 0 Å². The zero-order chi connectivity index (χ0) is 15.2. The van der Waals surface area contributed by atoms with Crippen LogP contribution in [0.1, 0.15) is 28.5 Å². The molecule has 0 saturated heterocycles. The summed E-state index contributed by atoms with van der Waals surface area (Å²) in [4.78, 5) is 20.0. The first-order chi connectivity index (χ1) is 10.1. The Balaban J connectivity index is 2.03. The molecule has 1 aromatic heterocycles. The van der Waals surface area contributed by atoms with Crippen LogP contribution in [0.4, 0.5) is 5.95 Å². The molecule has 0 aliphatic rings. The molecule has 2 aromatic rings. The molecule has 1 heterocycles. The van der Waals surface area contributed by atoms with Crippen LogP contribution in [0.2, 0.25) is 5.02 Å². The van der Waals surface area contributed by atoms with Gasteiger partial charge in [0.1, 0.15) is 0 Å². The number of esters is 1. The van der Waals surface area contributed by atoms with Crippen LogP contribution < -0.4 is 5.32 Å². The van der Waals surface area contributed by atoms with E-state index in [1.54, 1.807) is 13.8 Å². The molecule has 0 radical (unpaired) electrons. The fourth-order valence-corrected chi connectivity index (χ4v) is 1.87. The Morgan fingerprint density at radius 3 is 2.67 bits per heavy atom. The largest absolute Gasteiger partial charge is 0.462 e. The van der Waals surface area contributed by atoms with Gasteiger partial charge in [0, 0.05) is 17.8 Å². The molecule has 5 nitrogen and oxygen atoms in total. The van der Waals surface area contributed by atoms with Crippen molar-refractivity contribution >= 4 is 23.5 Å². The number of halogens is 1. The first-order valence-electron chi connectivity index (χ1n) is 6.59. The molecule has 1 aromatic carbocycles. The molecule has 0 saturated carbocycles. The minimum Gasteiger partial charge on any atom is -0.462 e. The lowest BCUT2D eigenvalue weighted by Crippen LogP contribution is -2.11. The number of benzene rings is 1. The minimum absolute atomic E-state index is 0.328. The van der Waals surface area contributed by atoms with Gasteiger partial charge in [-0.05, 0) is 31.5 Å². The molecule has 0 amide bonds. The van der Waals surface area contributed by atoms with E-state index in [4.69, 9.17) is 16.3 Å². The van der Waals surface area contributed by atoms with Crippen molar-refractivity contribution in [3.8, 4) is 0 Å². The van der Waals surface area contributed by atoms with E-state index in [1.165, 1.54) is 6.20 Å². The second kappa shape index (κ2) is 7.04. The summed E-state index contributed by atoms with van der Waals surface area (Å²) in [7, 11) is 0. The molecule has 110 valence electrons. The Hall–Kier alpha value is -2.14. The van der Waals surface area contributed by atoms with Crippen molar-refractivity contribution in [2.45, 2.75) is 20.4 Å². The summed E-state index contributed by atoms with van der Waals surface area (Å²) < 4.78 is 4.94. The van der Waals surface area contributed by atoms with Crippen molar-refractivity contribution in [2.75, 3.05) is 11.9 Å². The summed E-state index contributed by atoms with van der Waals surface area (Å²) in [6, 6.07) is 7.51. The summed E-state index contributed by atoms with van der Waals surface area (Å²) in [5, 5.41) is 3.80. The summed E-state index contributed by atoms with van der Waals surface area (Å²) in [5.74, 6) is 0.0646. The van der Waals surface area contributed by atoms with Gasteiger partial charge in [-0.1, -0.05) is 23.7 Å². The molecular weight excluding hydrogens is 290 g/mol. The van der Waals surface area contributed by atoms with E-state index in [1.807, 2.05) is 24.3 Å². The molecule has 0 spiro atoms. The third kappa shape index (κ3) is 4.16. The van der Waals surface area contributed by atoms with E-state index in [0.717, 1.165) is 5.56 Å². The van der Waals surface area contributed by atoms with Gasteiger partial charge < -0.3 is 10.1 Å². The van der Waals surface area contributed by atoms with Crippen molar-refractivity contribution < 1.29 is 9.53 Å². The van der Waals surface area contributed by atoms with Crippen LogP contribution in [-0.4, -0.2) is 22.5 Å².